The third kappa shape index (κ3) is 4.83. The van der Waals surface area contributed by atoms with Crippen LogP contribution in [0.4, 0.5) is 5.69 Å². The first-order valence-corrected chi connectivity index (χ1v) is 13.5. The van der Waals surface area contributed by atoms with Gasteiger partial charge in [0.1, 0.15) is 6.04 Å². The van der Waals surface area contributed by atoms with Gasteiger partial charge < -0.3 is 9.88 Å². The number of aryl methyl sites for hydroxylation is 2. The average Bonchev–Trinajstić information content (AvgIpc) is 3.40. The van der Waals surface area contributed by atoms with Gasteiger partial charge in [-0.2, -0.15) is 0 Å². The second kappa shape index (κ2) is 10.5. The van der Waals surface area contributed by atoms with Crippen molar-refractivity contribution >= 4 is 16.6 Å². The number of aromatic nitrogens is 5. The number of rotatable bonds is 6. The maximum atomic E-state index is 13.6. The molecule has 198 valence electrons. The van der Waals surface area contributed by atoms with Gasteiger partial charge >= 0.3 is 0 Å². The minimum Gasteiger partial charge on any atom is -0.369 e. The summed E-state index contributed by atoms with van der Waals surface area (Å²) in [6.07, 6.45) is 0. The predicted octanol–water partition coefficient (Wildman–Crippen LogP) is 4.40. The Kier molecular flexibility index (Phi) is 6.70. The normalized spacial score (nSPS) is 15.1. The number of anilines is 1. The predicted molar refractivity (Wildman–Crippen MR) is 154 cm³/mol. The Labute approximate surface area is 227 Å². The summed E-state index contributed by atoms with van der Waals surface area (Å²) in [6.45, 7) is 10.2. The molecule has 0 spiro atoms. The number of hydrogen-bond acceptors (Lipinski definition) is 6. The molecule has 1 N–H and O–H groups in total. The van der Waals surface area contributed by atoms with E-state index in [9.17, 15) is 4.79 Å². The number of H-pyrrole nitrogens is 1. The van der Waals surface area contributed by atoms with E-state index in [-0.39, 0.29) is 11.6 Å². The van der Waals surface area contributed by atoms with Gasteiger partial charge in [0.05, 0.1) is 12.1 Å². The minimum atomic E-state index is -0.377. The van der Waals surface area contributed by atoms with E-state index < -0.39 is 0 Å². The SMILES string of the molecule is Cc1cccc(N2CCN([C@H](c3cc4cccc(C)c4[nH]c3=O)c3nnnn3Cc3ccccc3)CC2)c1C. The molecule has 3 aromatic carbocycles. The van der Waals surface area contributed by atoms with Gasteiger partial charge in [0.25, 0.3) is 5.56 Å². The highest BCUT2D eigenvalue weighted by Crippen LogP contribution is 2.30. The van der Waals surface area contributed by atoms with Gasteiger partial charge in [0.15, 0.2) is 5.82 Å². The minimum absolute atomic E-state index is 0.104. The molecule has 39 heavy (non-hydrogen) atoms. The van der Waals surface area contributed by atoms with Crippen LogP contribution < -0.4 is 10.5 Å². The molecule has 1 fully saturated rings. The van der Waals surface area contributed by atoms with E-state index in [1.165, 1.54) is 16.8 Å². The van der Waals surface area contributed by atoms with Crippen molar-refractivity contribution in [3.8, 4) is 0 Å². The van der Waals surface area contributed by atoms with Gasteiger partial charge in [0, 0.05) is 37.4 Å². The Bertz CT molecular complexity index is 1670. The molecule has 8 nitrogen and oxygen atoms in total. The van der Waals surface area contributed by atoms with Gasteiger partial charge in [-0.3, -0.25) is 9.69 Å². The lowest BCUT2D eigenvalue weighted by molar-refractivity contribution is 0.200. The molecule has 6 rings (SSSR count). The van der Waals surface area contributed by atoms with Crippen LogP contribution in [0.1, 0.15) is 39.7 Å². The number of benzene rings is 3. The standard InChI is InChI=1S/C31H33N7O/c1-21-9-8-14-27(23(21)3)36-15-17-37(18-16-36)29(26-19-25-13-7-10-22(2)28(25)32-31(26)39)30-33-34-35-38(30)20-24-11-5-4-6-12-24/h4-14,19,29H,15-18,20H2,1-3H3,(H,32,39)/t29-/m1/s1. The molecule has 5 aromatic rings. The van der Waals surface area contributed by atoms with Crippen LogP contribution >= 0.6 is 0 Å². The number of nitrogens with one attached hydrogen (secondary N) is 1. The van der Waals surface area contributed by atoms with E-state index in [2.05, 4.69) is 74.5 Å². The summed E-state index contributed by atoms with van der Waals surface area (Å²) in [5, 5.41) is 13.9. The first-order valence-electron chi connectivity index (χ1n) is 13.5. The van der Waals surface area contributed by atoms with E-state index >= 15 is 0 Å². The lowest BCUT2D eigenvalue weighted by Crippen LogP contribution is -2.49. The summed E-state index contributed by atoms with van der Waals surface area (Å²) < 4.78 is 1.83. The summed E-state index contributed by atoms with van der Waals surface area (Å²) in [7, 11) is 0. The summed E-state index contributed by atoms with van der Waals surface area (Å²) in [4.78, 5) is 21.6. The fourth-order valence-electron chi connectivity index (χ4n) is 5.68. The van der Waals surface area contributed by atoms with Crippen LogP contribution in [0.25, 0.3) is 10.9 Å². The fourth-order valence-corrected chi connectivity index (χ4v) is 5.68. The Morgan fingerprint density at radius 1 is 0.872 bits per heavy atom. The molecule has 0 radical (unpaired) electrons. The largest absolute Gasteiger partial charge is 0.369 e. The molecule has 1 saturated heterocycles. The number of aromatic amines is 1. The molecule has 0 saturated carbocycles. The second-order valence-electron chi connectivity index (χ2n) is 10.4. The van der Waals surface area contributed by atoms with Gasteiger partial charge in [-0.15, -0.1) is 5.10 Å². The quantitative estimate of drug-likeness (QED) is 0.358. The maximum absolute atomic E-state index is 13.6. The summed E-state index contributed by atoms with van der Waals surface area (Å²) >= 11 is 0. The number of hydrogen-bond donors (Lipinski definition) is 1. The van der Waals surface area contributed by atoms with Crippen molar-refractivity contribution in [2.45, 2.75) is 33.4 Å². The van der Waals surface area contributed by atoms with Crippen molar-refractivity contribution < 1.29 is 0 Å². The molecule has 0 bridgehead atoms. The zero-order chi connectivity index (χ0) is 26.9. The van der Waals surface area contributed by atoms with E-state index in [0.29, 0.717) is 17.9 Å². The van der Waals surface area contributed by atoms with E-state index in [4.69, 9.17) is 0 Å². The van der Waals surface area contributed by atoms with Crippen LogP contribution in [-0.4, -0.2) is 56.3 Å². The molecule has 0 unspecified atom stereocenters. The van der Waals surface area contributed by atoms with Crippen LogP contribution in [0.15, 0.2) is 77.6 Å². The Morgan fingerprint density at radius 3 is 2.41 bits per heavy atom. The van der Waals surface area contributed by atoms with Crippen molar-refractivity contribution in [2.75, 3.05) is 31.1 Å². The number of pyridine rings is 1. The zero-order valence-electron chi connectivity index (χ0n) is 22.6. The first kappa shape index (κ1) is 25.0. The smallest absolute Gasteiger partial charge is 0.253 e. The summed E-state index contributed by atoms with van der Waals surface area (Å²) in [5.74, 6) is 0.677. The van der Waals surface area contributed by atoms with Crippen LogP contribution in [-0.2, 0) is 6.54 Å². The van der Waals surface area contributed by atoms with Gasteiger partial charge in [-0.1, -0.05) is 60.7 Å². The summed E-state index contributed by atoms with van der Waals surface area (Å²) in [5.41, 5.74) is 7.47. The van der Waals surface area contributed by atoms with Crippen molar-refractivity contribution in [1.29, 1.82) is 0 Å². The number of fused-ring (bicyclic) bond motifs is 1. The molecule has 8 heteroatoms. The average molecular weight is 520 g/mol. The Balaban J connectivity index is 1.39. The second-order valence-corrected chi connectivity index (χ2v) is 10.4. The number of piperazine rings is 1. The van der Waals surface area contributed by atoms with Crippen molar-refractivity contribution in [3.05, 3.63) is 117 Å². The molecule has 0 aliphatic carbocycles. The molecule has 1 aliphatic rings. The highest BCUT2D eigenvalue weighted by Gasteiger charge is 2.33. The Hall–Kier alpha value is -4.30. The van der Waals surface area contributed by atoms with Crippen LogP contribution in [0.3, 0.4) is 0 Å². The molecule has 0 amide bonds. The molecule has 2 aromatic heterocycles. The summed E-state index contributed by atoms with van der Waals surface area (Å²) in [6, 6.07) is 24.4. The molecular weight excluding hydrogens is 486 g/mol. The lowest BCUT2D eigenvalue weighted by atomic mass is 10.0. The van der Waals surface area contributed by atoms with Gasteiger partial charge in [-0.25, -0.2) is 4.68 Å². The molecular formula is C31H33N7O. The number of tetrazole rings is 1. The monoisotopic (exact) mass is 519 g/mol. The fraction of sp³-hybridized carbons (Fsp3) is 0.290. The zero-order valence-corrected chi connectivity index (χ0v) is 22.6. The van der Waals surface area contributed by atoms with Crippen LogP contribution in [0.5, 0.6) is 0 Å². The van der Waals surface area contributed by atoms with Crippen molar-refractivity contribution in [2.24, 2.45) is 0 Å². The van der Waals surface area contributed by atoms with Crippen molar-refractivity contribution in [1.82, 2.24) is 30.1 Å². The number of nitrogens with zero attached hydrogens (tertiary/aromatic N) is 6. The van der Waals surface area contributed by atoms with E-state index in [1.54, 1.807) is 0 Å². The van der Waals surface area contributed by atoms with E-state index in [1.807, 2.05) is 54.1 Å². The highest BCUT2D eigenvalue weighted by atomic mass is 16.1. The van der Waals surface area contributed by atoms with Crippen LogP contribution in [0, 0.1) is 20.8 Å². The topological polar surface area (TPSA) is 82.9 Å². The maximum Gasteiger partial charge on any atom is 0.253 e. The van der Waals surface area contributed by atoms with Gasteiger partial charge in [0.2, 0.25) is 0 Å². The molecule has 1 atom stereocenters. The highest BCUT2D eigenvalue weighted by molar-refractivity contribution is 5.82. The van der Waals surface area contributed by atoms with Crippen LogP contribution in [0.2, 0.25) is 0 Å². The Morgan fingerprint density at radius 2 is 1.62 bits per heavy atom. The number of para-hydroxylation sites is 1. The van der Waals surface area contributed by atoms with Crippen molar-refractivity contribution in [3.63, 3.8) is 0 Å². The lowest BCUT2D eigenvalue weighted by Gasteiger charge is -2.40. The van der Waals surface area contributed by atoms with Gasteiger partial charge in [-0.05, 0) is 71.0 Å². The third-order valence-corrected chi connectivity index (χ3v) is 7.99. The third-order valence-electron chi connectivity index (χ3n) is 7.99. The molecule has 3 heterocycles. The van der Waals surface area contributed by atoms with E-state index in [0.717, 1.165) is 48.2 Å². The first-order chi connectivity index (χ1) is 19.0. The molecule has 1 aliphatic heterocycles.